The van der Waals surface area contributed by atoms with Gasteiger partial charge in [-0.05, 0) is 44.1 Å². The number of nitrogens with two attached hydrogens (primary N) is 1. The molecule has 1 unspecified atom stereocenters. The van der Waals surface area contributed by atoms with Crippen LogP contribution in [0.15, 0.2) is 30.3 Å². The van der Waals surface area contributed by atoms with Crippen molar-refractivity contribution in [2.75, 3.05) is 6.54 Å². The van der Waals surface area contributed by atoms with E-state index in [1.54, 1.807) is 0 Å². The smallest absolute Gasteiger partial charge is 0.247 e. The van der Waals surface area contributed by atoms with Crippen molar-refractivity contribution in [3.05, 3.63) is 35.9 Å². The lowest BCUT2D eigenvalue weighted by atomic mass is 9.77. The van der Waals surface area contributed by atoms with E-state index in [1.807, 2.05) is 37.3 Å². The topological polar surface area (TPSA) is 46.3 Å². The van der Waals surface area contributed by atoms with Gasteiger partial charge in [0.1, 0.15) is 5.54 Å². The highest BCUT2D eigenvalue weighted by molar-refractivity contribution is 5.87. The summed E-state index contributed by atoms with van der Waals surface area (Å²) in [5, 5.41) is 0. The maximum atomic E-state index is 13.1. The molecule has 3 rings (SSSR count). The molecule has 2 fully saturated rings. The molecule has 1 aromatic carbocycles. The van der Waals surface area contributed by atoms with Gasteiger partial charge in [0, 0.05) is 12.6 Å². The third-order valence-corrected chi connectivity index (χ3v) is 5.32. The van der Waals surface area contributed by atoms with Crippen molar-refractivity contribution < 1.29 is 4.79 Å². The highest BCUT2D eigenvalue weighted by Gasteiger charge is 2.41. The van der Waals surface area contributed by atoms with Crippen LogP contribution in [-0.4, -0.2) is 23.4 Å². The van der Waals surface area contributed by atoms with Gasteiger partial charge < -0.3 is 10.6 Å². The first-order valence-corrected chi connectivity index (χ1v) is 8.26. The molecule has 3 nitrogen and oxygen atoms in total. The largest absolute Gasteiger partial charge is 0.338 e. The normalized spacial score (nSPS) is 28.6. The number of hydrogen-bond donors (Lipinski definition) is 1. The average molecular weight is 286 g/mol. The Morgan fingerprint density at radius 1 is 1.14 bits per heavy atom. The Bertz CT molecular complexity index is 495. The van der Waals surface area contributed by atoms with E-state index in [0.29, 0.717) is 12.0 Å². The third-order valence-electron chi connectivity index (χ3n) is 5.32. The first kappa shape index (κ1) is 14.6. The van der Waals surface area contributed by atoms with Crippen LogP contribution in [0.4, 0.5) is 0 Å². The van der Waals surface area contributed by atoms with E-state index in [2.05, 4.69) is 4.90 Å². The molecule has 2 N–H and O–H groups in total. The van der Waals surface area contributed by atoms with Gasteiger partial charge in [-0.3, -0.25) is 4.79 Å². The van der Waals surface area contributed by atoms with Crippen LogP contribution in [-0.2, 0) is 10.3 Å². The zero-order valence-electron chi connectivity index (χ0n) is 12.9. The van der Waals surface area contributed by atoms with Crippen molar-refractivity contribution in [3.63, 3.8) is 0 Å². The predicted molar refractivity (Wildman–Crippen MR) is 84.7 cm³/mol. The van der Waals surface area contributed by atoms with Crippen LogP contribution in [0.5, 0.6) is 0 Å². The van der Waals surface area contributed by atoms with E-state index in [1.165, 1.54) is 25.7 Å². The molecule has 1 aromatic rings. The fourth-order valence-electron chi connectivity index (χ4n) is 4.08. The van der Waals surface area contributed by atoms with Crippen LogP contribution in [0.25, 0.3) is 0 Å². The summed E-state index contributed by atoms with van der Waals surface area (Å²) in [7, 11) is 0. The van der Waals surface area contributed by atoms with Crippen LogP contribution >= 0.6 is 0 Å². The molecule has 114 valence electrons. The lowest BCUT2D eigenvalue weighted by Gasteiger charge is -2.46. The molecule has 1 heterocycles. The molecular weight excluding hydrogens is 260 g/mol. The maximum Gasteiger partial charge on any atom is 0.247 e. The fraction of sp³-hybridized carbons (Fsp3) is 0.611. The minimum absolute atomic E-state index is 0.102. The first-order chi connectivity index (χ1) is 10.1. The Balaban J connectivity index is 1.83. The monoisotopic (exact) mass is 286 g/mol. The minimum Gasteiger partial charge on any atom is -0.338 e. The second kappa shape index (κ2) is 5.80. The third kappa shape index (κ3) is 2.71. The van der Waals surface area contributed by atoms with Crippen molar-refractivity contribution in [1.29, 1.82) is 0 Å². The molecule has 1 amide bonds. The van der Waals surface area contributed by atoms with Crippen LogP contribution in [0.3, 0.4) is 0 Å². The van der Waals surface area contributed by atoms with Gasteiger partial charge in [0.15, 0.2) is 0 Å². The summed E-state index contributed by atoms with van der Waals surface area (Å²) in [6.07, 6.45) is 7.40. The van der Waals surface area contributed by atoms with Crippen LogP contribution in [0.2, 0.25) is 0 Å². The molecule has 1 aliphatic carbocycles. The van der Waals surface area contributed by atoms with Gasteiger partial charge in [0.2, 0.25) is 5.91 Å². The lowest BCUT2D eigenvalue weighted by Crippen LogP contribution is -2.58. The molecule has 21 heavy (non-hydrogen) atoms. The van der Waals surface area contributed by atoms with E-state index in [4.69, 9.17) is 5.73 Å². The zero-order valence-corrected chi connectivity index (χ0v) is 12.9. The number of amides is 1. The van der Waals surface area contributed by atoms with Crippen LogP contribution in [0.1, 0.15) is 51.0 Å². The second-order valence-corrected chi connectivity index (χ2v) is 6.82. The van der Waals surface area contributed by atoms with Crippen molar-refractivity contribution in [1.82, 2.24) is 4.90 Å². The molecule has 2 aliphatic rings. The van der Waals surface area contributed by atoms with Crippen molar-refractivity contribution in [2.24, 2.45) is 11.7 Å². The van der Waals surface area contributed by atoms with Gasteiger partial charge >= 0.3 is 0 Å². The Kier molecular flexibility index (Phi) is 4.03. The number of benzene rings is 1. The Labute approximate surface area is 127 Å². The van der Waals surface area contributed by atoms with Crippen molar-refractivity contribution in [2.45, 2.75) is 57.0 Å². The maximum absolute atomic E-state index is 13.1. The SMILES string of the molecule is CC(N)(C(=O)N1CCC[C@H]2CCCC[C@H]21)c1ccccc1. The second-order valence-electron chi connectivity index (χ2n) is 6.82. The number of rotatable bonds is 2. The Morgan fingerprint density at radius 3 is 2.57 bits per heavy atom. The van der Waals surface area contributed by atoms with Crippen LogP contribution in [0, 0.1) is 5.92 Å². The van der Waals surface area contributed by atoms with Gasteiger partial charge in [-0.25, -0.2) is 0 Å². The van der Waals surface area contributed by atoms with Gasteiger partial charge in [-0.1, -0.05) is 43.2 Å². The summed E-state index contributed by atoms with van der Waals surface area (Å²) < 4.78 is 0. The molecule has 3 atom stereocenters. The number of nitrogens with zero attached hydrogens (tertiary/aromatic N) is 1. The number of likely N-dealkylation sites (tertiary alicyclic amines) is 1. The number of carbonyl (C=O) groups excluding carboxylic acids is 1. The summed E-state index contributed by atoms with van der Waals surface area (Å²) in [6.45, 7) is 2.73. The molecule has 1 saturated carbocycles. The summed E-state index contributed by atoms with van der Waals surface area (Å²) in [5.74, 6) is 0.799. The van der Waals surface area contributed by atoms with Crippen molar-refractivity contribution >= 4 is 5.91 Å². The molecule has 0 radical (unpaired) electrons. The standard InChI is InChI=1S/C18H26N2O/c1-18(19,15-10-3-2-4-11-15)17(21)20-13-7-9-14-8-5-6-12-16(14)20/h2-4,10-11,14,16H,5-9,12-13,19H2,1H3/t14-,16-,18?/m1/s1. The molecule has 1 saturated heterocycles. The minimum atomic E-state index is -0.916. The summed E-state index contributed by atoms with van der Waals surface area (Å²) >= 11 is 0. The number of piperidine rings is 1. The molecule has 0 bridgehead atoms. The van der Waals surface area contributed by atoms with Crippen molar-refractivity contribution in [3.8, 4) is 0 Å². The van der Waals surface area contributed by atoms with Gasteiger partial charge in [0.05, 0.1) is 0 Å². The van der Waals surface area contributed by atoms with E-state index in [9.17, 15) is 4.79 Å². The number of fused-ring (bicyclic) bond motifs is 1. The average Bonchev–Trinajstić information content (AvgIpc) is 2.54. The zero-order chi connectivity index (χ0) is 14.9. The van der Waals surface area contributed by atoms with Gasteiger partial charge in [-0.15, -0.1) is 0 Å². The predicted octanol–water partition coefficient (Wildman–Crippen LogP) is 3.04. The molecular formula is C18H26N2O. The fourth-order valence-corrected chi connectivity index (χ4v) is 4.08. The van der Waals surface area contributed by atoms with E-state index < -0.39 is 5.54 Å². The quantitative estimate of drug-likeness (QED) is 0.908. The summed E-state index contributed by atoms with van der Waals surface area (Å²) in [6, 6.07) is 10.2. The highest BCUT2D eigenvalue weighted by Crippen LogP contribution is 2.37. The molecule has 0 aromatic heterocycles. The molecule has 3 heteroatoms. The van der Waals surface area contributed by atoms with Crippen LogP contribution < -0.4 is 5.73 Å². The van der Waals surface area contributed by atoms with Gasteiger partial charge in [0.25, 0.3) is 0 Å². The number of carbonyl (C=O) groups is 1. The molecule has 1 aliphatic heterocycles. The van der Waals surface area contributed by atoms with E-state index in [-0.39, 0.29) is 5.91 Å². The number of hydrogen-bond acceptors (Lipinski definition) is 2. The highest BCUT2D eigenvalue weighted by atomic mass is 16.2. The summed E-state index contributed by atoms with van der Waals surface area (Å²) in [4.78, 5) is 15.2. The Morgan fingerprint density at radius 2 is 1.81 bits per heavy atom. The van der Waals surface area contributed by atoms with E-state index in [0.717, 1.165) is 24.9 Å². The lowest BCUT2D eigenvalue weighted by molar-refractivity contribution is -0.143. The molecule has 0 spiro atoms. The van der Waals surface area contributed by atoms with E-state index >= 15 is 0 Å². The Hall–Kier alpha value is -1.35. The first-order valence-electron chi connectivity index (χ1n) is 8.26. The summed E-state index contributed by atoms with van der Waals surface area (Å²) in [5.41, 5.74) is 6.44. The van der Waals surface area contributed by atoms with Gasteiger partial charge in [-0.2, -0.15) is 0 Å².